The Bertz CT molecular complexity index is 413. The Balaban J connectivity index is 2.26. The minimum absolute atomic E-state index is 0.142. The molecular formula is C14H19BrFNO. The number of hydrogen-bond donors (Lipinski definition) is 0. The highest BCUT2D eigenvalue weighted by atomic mass is 79.9. The molecule has 1 aromatic carbocycles. The molecule has 1 aromatic rings. The molecule has 0 aliphatic carbocycles. The van der Waals surface area contributed by atoms with Gasteiger partial charge in [-0.15, -0.1) is 0 Å². The Morgan fingerprint density at radius 3 is 2.94 bits per heavy atom. The van der Waals surface area contributed by atoms with Gasteiger partial charge in [-0.25, -0.2) is 4.39 Å². The number of hydrogen-bond acceptors (Lipinski definition) is 2. The van der Waals surface area contributed by atoms with Gasteiger partial charge in [0.1, 0.15) is 5.82 Å². The SMILES string of the molecule is COC1CN(c2c(F)cccc2CBr)CCC1C. The second-order valence-corrected chi connectivity index (χ2v) is 5.43. The van der Waals surface area contributed by atoms with Crippen LogP contribution in [-0.4, -0.2) is 26.3 Å². The summed E-state index contributed by atoms with van der Waals surface area (Å²) < 4.78 is 19.5. The molecule has 1 aliphatic rings. The number of para-hydroxylation sites is 1. The lowest BCUT2D eigenvalue weighted by Crippen LogP contribution is -2.44. The zero-order valence-corrected chi connectivity index (χ0v) is 12.4. The van der Waals surface area contributed by atoms with Crippen molar-refractivity contribution in [2.75, 3.05) is 25.1 Å². The maximum atomic E-state index is 14.0. The van der Waals surface area contributed by atoms with E-state index in [1.165, 1.54) is 6.07 Å². The minimum Gasteiger partial charge on any atom is -0.379 e. The van der Waals surface area contributed by atoms with Crippen LogP contribution in [0.5, 0.6) is 0 Å². The van der Waals surface area contributed by atoms with E-state index in [-0.39, 0.29) is 11.9 Å². The van der Waals surface area contributed by atoms with Crippen molar-refractivity contribution >= 4 is 21.6 Å². The maximum Gasteiger partial charge on any atom is 0.146 e. The topological polar surface area (TPSA) is 12.5 Å². The monoisotopic (exact) mass is 315 g/mol. The second kappa shape index (κ2) is 6.02. The van der Waals surface area contributed by atoms with E-state index >= 15 is 0 Å². The smallest absolute Gasteiger partial charge is 0.146 e. The van der Waals surface area contributed by atoms with Crippen LogP contribution < -0.4 is 4.90 Å². The van der Waals surface area contributed by atoms with Crippen molar-refractivity contribution in [2.45, 2.75) is 24.8 Å². The van der Waals surface area contributed by atoms with Gasteiger partial charge in [-0.2, -0.15) is 0 Å². The summed E-state index contributed by atoms with van der Waals surface area (Å²) in [5, 5.41) is 0.670. The minimum atomic E-state index is -0.142. The van der Waals surface area contributed by atoms with Crippen molar-refractivity contribution in [3.63, 3.8) is 0 Å². The first-order valence-corrected chi connectivity index (χ1v) is 7.40. The first-order chi connectivity index (χ1) is 8.67. The summed E-state index contributed by atoms with van der Waals surface area (Å²) in [6.45, 7) is 3.85. The number of benzene rings is 1. The zero-order chi connectivity index (χ0) is 13.1. The summed E-state index contributed by atoms with van der Waals surface area (Å²) in [6, 6.07) is 5.25. The standard InChI is InChI=1S/C14H19BrFNO/c1-10-6-7-17(9-13(10)18-2)14-11(8-15)4-3-5-12(14)16/h3-5,10,13H,6-9H2,1-2H3. The molecule has 2 unspecified atom stereocenters. The number of anilines is 1. The molecule has 1 aliphatic heterocycles. The van der Waals surface area contributed by atoms with Crippen molar-refractivity contribution in [1.29, 1.82) is 0 Å². The van der Waals surface area contributed by atoms with Crippen molar-refractivity contribution in [3.8, 4) is 0 Å². The highest BCUT2D eigenvalue weighted by Crippen LogP contribution is 2.31. The van der Waals surface area contributed by atoms with Crippen LogP contribution in [0.2, 0.25) is 0 Å². The number of halogens is 2. The van der Waals surface area contributed by atoms with Gasteiger partial charge >= 0.3 is 0 Å². The Kier molecular flexibility index (Phi) is 4.62. The second-order valence-electron chi connectivity index (χ2n) is 4.87. The Hall–Kier alpha value is -0.610. The molecule has 0 radical (unpaired) electrons. The fraction of sp³-hybridized carbons (Fsp3) is 0.571. The van der Waals surface area contributed by atoms with Gasteiger partial charge in [0.15, 0.2) is 0 Å². The molecule has 0 spiro atoms. The number of nitrogens with zero attached hydrogens (tertiary/aromatic N) is 1. The van der Waals surface area contributed by atoms with Gasteiger partial charge in [0, 0.05) is 25.5 Å². The summed E-state index contributed by atoms with van der Waals surface area (Å²) in [5.41, 5.74) is 1.72. The average Bonchev–Trinajstić information content (AvgIpc) is 2.39. The first kappa shape index (κ1) is 13.8. The van der Waals surface area contributed by atoms with Gasteiger partial charge in [0.2, 0.25) is 0 Å². The summed E-state index contributed by atoms with van der Waals surface area (Å²) >= 11 is 3.43. The van der Waals surface area contributed by atoms with Gasteiger partial charge in [0.25, 0.3) is 0 Å². The van der Waals surface area contributed by atoms with E-state index in [1.807, 2.05) is 6.07 Å². The molecule has 1 saturated heterocycles. The van der Waals surface area contributed by atoms with E-state index in [4.69, 9.17) is 4.74 Å². The predicted octanol–water partition coefficient (Wildman–Crippen LogP) is 3.58. The molecule has 0 N–H and O–H groups in total. The maximum absolute atomic E-state index is 14.0. The number of ether oxygens (including phenoxy) is 1. The highest BCUT2D eigenvalue weighted by molar-refractivity contribution is 9.08. The number of rotatable bonds is 3. The zero-order valence-electron chi connectivity index (χ0n) is 10.8. The molecule has 0 bridgehead atoms. The van der Waals surface area contributed by atoms with Crippen LogP contribution in [-0.2, 0) is 10.1 Å². The Labute approximate surface area is 116 Å². The van der Waals surface area contributed by atoms with E-state index in [0.29, 0.717) is 11.2 Å². The van der Waals surface area contributed by atoms with Gasteiger partial charge < -0.3 is 9.64 Å². The number of alkyl halides is 1. The molecule has 4 heteroatoms. The van der Waals surface area contributed by atoms with Crippen LogP contribution in [0.25, 0.3) is 0 Å². The Morgan fingerprint density at radius 2 is 2.28 bits per heavy atom. The average molecular weight is 316 g/mol. The van der Waals surface area contributed by atoms with E-state index in [0.717, 1.165) is 30.8 Å². The van der Waals surface area contributed by atoms with Crippen LogP contribution in [0.15, 0.2) is 18.2 Å². The van der Waals surface area contributed by atoms with Crippen molar-refractivity contribution < 1.29 is 9.13 Å². The fourth-order valence-electron chi connectivity index (χ4n) is 2.57. The van der Waals surface area contributed by atoms with Crippen molar-refractivity contribution in [3.05, 3.63) is 29.6 Å². The van der Waals surface area contributed by atoms with Gasteiger partial charge in [-0.1, -0.05) is 35.0 Å². The third kappa shape index (κ3) is 2.69. The van der Waals surface area contributed by atoms with Crippen LogP contribution in [0.3, 0.4) is 0 Å². The molecule has 2 atom stereocenters. The molecule has 0 aromatic heterocycles. The third-order valence-corrected chi connectivity index (χ3v) is 4.33. The normalized spacial score (nSPS) is 24.3. The molecule has 2 nitrogen and oxygen atoms in total. The lowest BCUT2D eigenvalue weighted by Gasteiger charge is -2.38. The summed E-state index contributed by atoms with van der Waals surface area (Å²) in [7, 11) is 1.73. The lowest BCUT2D eigenvalue weighted by atomic mass is 9.95. The van der Waals surface area contributed by atoms with Crippen LogP contribution in [0, 0.1) is 11.7 Å². The van der Waals surface area contributed by atoms with Crippen LogP contribution in [0.4, 0.5) is 10.1 Å². The van der Waals surface area contributed by atoms with E-state index < -0.39 is 0 Å². The summed E-state index contributed by atoms with van der Waals surface area (Å²) in [5.74, 6) is 0.391. The van der Waals surface area contributed by atoms with Gasteiger partial charge in [-0.3, -0.25) is 0 Å². The molecule has 1 heterocycles. The predicted molar refractivity (Wildman–Crippen MR) is 75.8 cm³/mol. The van der Waals surface area contributed by atoms with Crippen LogP contribution >= 0.6 is 15.9 Å². The van der Waals surface area contributed by atoms with E-state index in [1.54, 1.807) is 13.2 Å². The number of methoxy groups -OCH3 is 1. The van der Waals surface area contributed by atoms with E-state index in [9.17, 15) is 4.39 Å². The molecule has 0 amide bonds. The van der Waals surface area contributed by atoms with Gasteiger partial charge in [-0.05, 0) is 24.0 Å². The molecular weight excluding hydrogens is 297 g/mol. The summed E-state index contributed by atoms with van der Waals surface area (Å²) in [6.07, 6.45) is 1.22. The van der Waals surface area contributed by atoms with Crippen molar-refractivity contribution in [1.82, 2.24) is 0 Å². The third-order valence-electron chi connectivity index (χ3n) is 3.72. The number of piperidine rings is 1. The summed E-state index contributed by atoms with van der Waals surface area (Å²) in [4.78, 5) is 2.11. The first-order valence-electron chi connectivity index (χ1n) is 6.28. The van der Waals surface area contributed by atoms with Crippen LogP contribution in [0.1, 0.15) is 18.9 Å². The van der Waals surface area contributed by atoms with E-state index in [2.05, 4.69) is 27.8 Å². The quantitative estimate of drug-likeness (QED) is 0.790. The molecule has 100 valence electrons. The van der Waals surface area contributed by atoms with Crippen molar-refractivity contribution in [2.24, 2.45) is 5.92 Å². The molecule has 2 rings (SSSR count). The highest BCUT2D eigenvalue weighted by Gasteiger charge is 2.28. The Morgan fingerprint density at radius 1 is 1.50 bits per heavy atom. The molecule has 0 saturated carbocycles. The van der Waals surface area contributed by atoms with Gasteiger partial charge in [0.05, 0.1) is 11.8 Å². The molecule has 1 fully saturated rings. The molecule has 18 heavy (non-hydrogen) atoms. The largest absolute Gasteiger partial charge is 0.379 e. The fourth-order valence-corrected chi connectivity index (χ4v) is 3.02. The lowest BCUT2D eigenvalue weighted by molar-refractivity contribution is 0.0496.